The number of amides is 3. The van der Waals surface area contributed by atoms with Crippen molar-refractivity contribution in [2.45, 2.75) is 4.21 Å². The van der Waals surface area contributed by atoms with Crippen molar-refractivity contribution in [3.05, 3.63) is 29.3 Å². The number of imide groups is 1. The smallest absolute Gasteiger partial charge is 0.275 e. The second-order valence-corrected chi connectivity index (χ2v) is 7.72. The normalized spacial score (nSPS) is 15.9. The van der Waals surface area contributed by atoms with Crippen molar-refractivity contribution < 1.29 is 18.0 Å². The Labute approximate surface area is 123 Å². The van der Waals surface area contributed by atoms with Crippen LogP contribution in [0.4, 0.5) is 4.79 Å². The number of benzene rings is 1. The summed E-state index contributed by atoms with van der Waals surface area (Å²) in [7, 11) is -4.02. The van der Waals surface area contributed by atoms with Gasteiger partial charge in [0.05, 0.1) is 0 Å². The van der Waals surface area contributed by atoms with Crippen LogP contribution in [0.2, 0.25) is 5.02 Å². The molecule has 0 radical (unpaired) electrons. The number of rotatable bonds is 2. The summed E-state index contributed by atoms with van der Waals surface area (Å²) in [6.45, 7) is -0.490. The quantitative estimate of drug-likeness (QED) is 0.851. The highest BCUT2D eigenvalue weighted by molar-refractivity contribution is 7.92. The van der Waals surface area contributed by atoms with Crippen molar-refractivity contribution in [3.63, 3.8) is 0 Å². The molecule has 1 aromatic carbocycles. The lowest BCUT2D eigenvalue weighted by atomic mass is 10.3. The van der Waals surface area contributed by atoms with Gasteiger partial charge in [0, 0.05) is 9.72 Å². The Morgan fingerprint density at radius 3 is 2.65 bits per heavy atom. The maximum atomic E-state index is 12.3. The van der Waals surface area contributed by atoms with Crippen LogP contribution in [0.15, 0.2) is 28.5 Å². The van der Waals surface area contributed by atoms with Gasteiger partial charge in [-0.3, -0.25) is 10.1 Å². The first-order valence-corrected chi connectivity index (χ1v) is 8.07. The fourth-order valence-electron chi connectivity index (χ4n) is 1.84. The summed E-state index contributed by atoms with van der Waals surface area (Å²) in [5.41, 5.74) is 0. The molecule has 20 heavy (non-hydrogen) atoms. The fraction of sp³-hybridized carbons (Fsp3) is 0.0909. The third-order valence-corrected chi connectivity index (χ3v) is 6.29. The van der Waals surface area contributed by atoms with Crippen LogP contribution < -0.4 is 5.32 Å². The monoisotopic (exact) mass is 330 g/mol. The number of halogens is 1. The highest BCUT2D eigenvalue weighted by atomic mass is 35.5. The number of urea groups is 1. The lowest BCUT2D eigenvalue weighted by Gasteiger charge is -2.11. The van der Waals surface area contributed by atoms with Crippen molar-refractivity contribution in [1.29, 1.82) is 0 Å². The van der Waals surface area contributed by atoms with Gasteiger partial charge < -0.3 is 0 Å². The third-order valence-electron chi connectivity index (χ3n) is 2.76. The van der Waals surface area contributed by atoms with Crippen LogP contribution in [0.25, 0.3) is 10.1 Å². The lowest BCUT2D eigenvalue weighted by molar-refractivity contribution is -0.118. The van der Waals surface area contributed by atoms with Crippen molar-refractivity contribution >= 4 is 55.0 Å². The Bertz CT molecular complexity index is 843. The van der Waals surface area contributed by atoms with Gasteiger partial charge in [-0.15, -0.1) is 11.3 Å². The van der Waals surface area contributed by atoms with Gasteiger partial charge in [0.25, 0.3) is 10.0 Å². The molecule has 1 N–H and O–H groups in total. The molecule has 1 aliphatic heterocycles. The Morgan fingerprint density at radius 1 is 1.25 bits per heavy atom. The van der Waals surface area contributed by atoms with Gasteiger partial charge in [0.2, 0.25) is 5.91 Å². The summed E-state index contributed by atoms with van der Waals surface area (Å²) in [6.07, 6.45) is 0. The van der Waals surface area contributed by atoms with Gasteiger partial charge in [0.1, 0.15) is 10.8 Å². The summed E-state index contributed by atoms with van der Waals surface area (Å²) in [5, 5.41) is 3.11. The Balaban J connectivity index is 2.09. The van der Waals surface area contributed by atoms with E-state index < -0.39 is 28.5 Å². The van der Waals surface area contributed by atoms with E-state index >= 15 is 0 Å². The summed E-state index contributed by atoms with van der Waals surface area (Å²) in [6, 6.07) is 5.52. The van der Waals surface area contributed by atoms with E-state index in [0.29, 0.717) is 14.7 Å². The molecular formula is C11H7ClN2O4S2. The summed E-state index contributed by atoms with van der Waals surface area (Å²) in [5.74, 6) is -0.636. The standard InChI is InChI=1S/C11H7ClN2O4S2/c12-7-1-2-8-6(3-7)4-10(19-8)20(17,18)14-5-9(15)13-11(14)16/h1-4H,5H2,(H,13,15,16). The molecule has 6 nitrogen and oxygen atoms in total. The zero-order chi connectivity index (χ0) is 14.5. The topological polar surface area (TPSA) is 83.6 Å². The molecule has 0 unspecified atom stereocenters. The molecule has 0 atom stereocenters. The Morgan fingerprint density at radius 2 is 2.00 bits per heavy atom. The van der Waals surface area contributed by atoms with E-state index in [9.17, 15) is 18.0 Å². The number of hydrogen-bond acceptors (Lipinski definition) is 5. The lowest BCUT2D eigenvalue weighted by Crippen LogP contribution is -2.33. The average molecular weight is 331 g/mol. The van der Waals surface area contributed by atoms with Crippen LogP contribution in [-0.4, -0.2) is 31.2 Å². The highest BCUT2D eigenvalue weighted by Gasteiger charge is 2.38. The first kappa shape index (κ1) is 13.3. The van der Waals surface area contributed by atoms with Crippen LogP contribution in [-0.2, 0) is 14.8 Å². The SMILES string of the molecule is O=C1CN(S(=O)(=O)c2cc3cc(Cl)ccc3s2)C(=O)N1. The number of carbonyl (C=O) groups excluding carboxylic acids is 2. The van der Waals surface area contributed by atoms with Crippen molar-refractivity contribution in [2.24, 2.45) is 0 Å². The summed E-state index contributed by atoms with van der Waals surface area (Å²) in [4.78, 5) is 22.6. The fourth-order valence-corrected chi connectivity index (χ4v) is 4.80. The van der Waals surface area contributed by atoms with Crippen molar-refractivity contribution in [1.82, 2.24) is 9.62 Å². The number of fused-ring (bicyclic) bond motifs is 1. The minimum absolute atomic E-state index is 0.000355. The van der Waals surface area contributed by atoms with Gasteiger partial charge in [-0.1, -0.05) is 11.6 Å². The minimum atomic E-state index is -4.02. The molecule has 1 fully saturated rings. The predicted molar refractivity (Wildman–Crippen MR) is 74.3 cm³/mol. The van der Waals surface area contributed by atoms with Gasteiger partial charge in [-0.25, -0.2) is 17.5 Å². The molecule has 104 valence electrons. The molecule has 1 saturated heterocycles. The van der Waals surface area contributed by atoms with Crippen LogP contribution in [0, 0.1) is 0 Å². The second kappa shape index (κ2) is 4.44. The number of nitrogens with zero attached hydrogens (tertiary/aromatic N) is 1. The summed E-state index contributed by atoms with van der Waals surface area (Å²) >= 11 is 6.87. The van der Waals surface area contributed by atoms with Crippen LogP contribution in [0.3, 0.4) is 0 Å². The van der Waals surface area contributed by atoms with Gasteiger partial charge in [-0.2, -0.15) is 0 Å². The van der Waals surface area contributed by atoms with E-state index in [4.69, 9.17) is 11.6 Å². The number of sulfonamides is 1. The van der Waals surface area contributed by atoms with E-state index in [1.165, 1.54) is 6.07 Å². The van der Waals surface area contributed by atoms with Crippen LogP contribution in [0.5, 0.6) is 0 Å². The molecule has 0 saturated carbocycles. The molecule has 3 rings (SSSR count). The van der Waals surface area contributed by atoms with Gasteiger partial charge >= 0.3 is 6.03 Å². The maximum absolute atomic E-state index is 12.3. The van der Waals surface area contributed by atoms with Gasteiger partial charge in [-0.05, 0) is 29.7 Å². The number of nitrogens with one attached hydrogen (secondary N) is 1. The van der Waals surface area contributed by atoms with E-state index in [1.54, 1.807) is 18.2 Å². The Kier molecular flexibility index (Phi) is 2.96. The molecule has 2 aromatic rings. The third kappa shape index (κ3) is 2.05. The molecule has 0 spiro atoms. The van der Waals surface area contributed by atoms with E-state index in [-0.39, 0.29) is 4.21 Å². The molecule has 0 bridgehead atoms. The van der Waals surface area contributed by atoms with Crippen molar-refractivity contribution in [2.75, 3.05) is 6.54 Å². The van der Waals surface area contributed by atoms with Gasteiger partial charge in [0.15, 0.2) is 0 Å². The van der Waals surface area contributed by atoms with Crippen LogP contribution in [0.1, 0.15) is 0 Å². The van der Waals surface area contributed by atoms with E-state index in [2.05, 4.69) is 0 Å². The first-order chi connectivity index (χ1) is 9.38. The zero-order valence-corrected chi connectivity index (χ0v) is 12.2. The Hall–Kier alpha value is -1.64. The molecule has 1 aromatic heterocycles. The molecule has 2 heterocycles. The largest absolute Gasteiger partial charge is 0.338 e. The number of hydrogen-bond donors (Lipinski definition) is 1. The second-order valence-electron chi connectivity index (χ2n) is 4.11. The molecule has 1 aliphatic rings. The minimum Gasteiger partial charge on any atom is -0.275 e. The number of carbonyl (C=O) groups is 2. The molecule has 9 heteroatoms. The van der Waals surface area contributed by atoms with Crippen molar-refractivity contribution in [3.8, 4) is 0 Å². The number of thiophene rings is 1. The summed E-state index contributed by atoms with van der Waals surface area (Å²) < 4.78 is 25.9. The average Bonchev–Trinajstić information content (AvgIpc) is 2.92. The molecular weight excluding hydrogens is 324 g/mol. The van der Waals surface area contributed by atoms with Crippen LogP contribution >= 0.6 is 22.9 Å². The molecule has 3 amide bonds. The highest BCUT2D eigenvalue weighted by Crippen LogP contribution is 2.32. The first-order valence-electron chi connectivity index (χ1n) is 5.43. The molecule has 0 aliphatic carbocycles. The maximum Gasteiger partial charge on any atom is 0.338 e. The van der Waals surface area contributed by atoms with E-state index in [0.717, 1.165) is 16.0 Å². The van der Waals surface area contributed by atoms with E-state index in [1.807, 2.05) is 5.32 Å². The zero-order valence-electron chi connectivity index (χ0n) is 9.79. The predicted octanol–water partition coefficient (Wildman–Crippen LogP) is 1.80.